The van der Waals surface area contributed by atoms with Crippen molar-refractivity contribution in [1.29, 1.82) is 0 Å². The monoisotopic (exact) mass is 233 g/mol. The number of carbonyl (C=O) groups is 3. The molecule has 0 saturated carbocycles. The van der Waals surface area contributed by atoms with Gasteiger partial charge in [0.15, 0.2) is 0 Å². The minimum atomic E-state index is -0.898. The number of carbonyl (C=O) groups excluding carboxylic acids is 3. The highest BCUT2D eigenvalue weighted by Crippen LogP contribution is 2.23. The summed E-state index contributed by atoms with van der Waals surface area (Å²) in [4.78, 5) is 36.6. The number of anilines is 2. The molecule has 17 heavy (non-hydrogen) atoms. The average molecular weight is 233 g/mol. The maximum absolute atomic E-state index is 11.5. The number of nitrogens with zero attached hydrogens (tertiary/aromatic N) is 2. The first-order valence-electron chi connectivity index (χ1n) is 4.97. The lowest BCUT2D eigenvalue weighted by Crippen LogP contribution is -2.30. The summed E-state index contributed by atoms with van der Waals surface area (Å²) in [5, 5.41) is 1.95. The van der Waals surface area contributed by atoms with Crippen LogP contribution in [0.2, 0.25) is 0 Å². The highest BCUT2D eigenvalue weighted by molar-refractivity contribution is 6.53. The summed E-state index contributed by atoms with van der Waals surface area (Å²) in [6.45, 7) is 0. The van der Waals surface area contributed by atoms with E-state index in [0.29, 0.717) is 5.69 Å². The van der Waals surface area contributed by atoms with Crippen LogP contribution in [0.3, 0.4) is 0 Å². The number of hydrogen-bond donors (Lipinski definition) is 1. The van der Waals surface area contributed by atoms with Crippen LogP contribution in [0.4, 0.5) is 16.2 Å². The van der Waals surface area contributed by atoms with Gasteiger partial charge in [0.25, 0.3) is 0 Å². The maximum Gasteiger partial charge on any atom is 0.336 e. The van der Waals surface area contributed by atoms with Gasteiger partial charge in [0.1, 0.15) is 0 Å². The highest BCUT2D eigenvalue weighted by atomic mass is 16.2. The lowest BCUT2D eigenvalue weighted by atomic mass is 10.2. The molecule has 88 valence electrons. The molecule has 0 aromatic heterocycles. The quantitative estimate of drug-likeness (QED) is 0.590. The number of urea groups is 1. The van der Waals surface area contributed by atoms with Crippen molar-refractivity contribution < 1.29 is 14.4 Å². The minimum Gasteiger partial charge on any atom is -0.378 e. The van der Waals surface area contributed by atoms with E-state index in [4.69, 9.17) is 0 Å². The van der Waals surface area contributed by atoms with Gasteiger partial charge in [-0.1, -0.05) is 6.07 Å². The summed E-state index contributed by atoms with van der Waals surface area (Å²) in [6, 6.07) is 6.10. The van der Waals surface area contributed by atoms with E-state index in [0.717, 1.165) is 10.6 Å². The van der Waals surface area contributed by atoms with Crippen molar-refractivity contribution in [2.24, 2.45) is 0 Å². The molecule has 0 aliphatic carbocycles. The molecule has 1 N–H and O–H groups in total. The van der Waals surface area contributed by atoms with Crippen LogP contribution in [0, 0.1) is 0 Å². The third-order valence-corrected chi connectivity index (χ3v) is 2.43. The number of hydrogen-bond acceptors (Lipinski definition) is 4. The zero-order valence-corrected chi connectivity index (χ0v) is 9.43. The van der Waals surface area contributed by atoms with Crippen LogP contribution in [-0.2, 0) is 9.59 Å². The van der Waals surface area contributed by atoms with E-state index >= 15 is 0 Å². The van der Waals surface area contributed by atoms with Crippen LogP contribution in [-0.4, -0.2) is 31.9 Å². The van der Waals surface area contributed by atoms with Gasteiger partial charge in [-0.2, -0.15) is 0 Å². The van der Waals surface area contributed by atoms with Crippen molar-refractivity contribution in [2.45, 2.75) is 0 Å². The molecule has 1 aromatic carbocycles. The van der Waals surface area contributed by atoms with E-state index < -0.39 is 17.8 Å². The van der Waals surface area contributed by atoms with Crippen LogP contribution in [0.15, 0.2) is 24.3 Å². The zero-order chi connectivity index (χ0) is 12.6. The molecule has 1 heterocycles. The molecular weight excluding hydrogens is 222 g/mol. The first kappa shape index (κ1) is 11.1. The molecule has 6 nitrogen and oxygen atoms in total. The summed E-state index contributed by atoms with van der Waals surface area (Å²) < 4.78 is 0. The molecule has 1 fully saturated rings. The summed E-state index contributed by atoms with van der Waals surface area (Å²) in [5.74, 6) is -1.75. The van der Waals surface area contributed by atoms with E-state index in [1.807, 2.05) is 30.4 Å². The predicted octanol–water partition coefficient (Wildman–Crippen LogP) is 0.335. The lowest BCUT2D eigenvalue weighted by Gasteiger charge is -2.16. The third-order valence-electron chi connectivity index (χ3n) is 2.43. The Hall–Kier alpha value is -2.37. The van der Waals surface area contributed by atoms with Gasteiger partial charge in [-0.25, -0.2) is 9.69 Å². The number of benzene rings is 1. The van der Waals surface area contributed by atoms with E-state index in [2.05, 4.69) is 0 Å². The summed E-state index contributed by atoms with van der Waals surface area (Å²) in [7, 11) is 3.69. The van der Waals surface area contributed by atoms with Crippen molar-refractivity contribution in [3.05, 3.63) is 24.3 Å². The van der Waals surface area contributed by atoms with Crippen LogP contribution in [0.1, 0.15) is 0 Å². The topological polar surface area (TPSA) is 69.7 Å². The molecule has 1 saturated heterocycles. The Bertz CT molecular complexity index is 510. The van der Waals surface area contributed by atoms with Crippen molar-refractivity contribution in [3.8, 4) is 0 Å². The first-order valence-corrected chi connectivity index (χ1v) is 4.97. The number of amides is 4. The molecule has 2 rings (SSSR count). The Morgan fingerprint density at radius 2 is 1.88 bits per heavy atom. The standard InChI is InChI=1S/C11H11N3O3/c1-13(2)7-4-3-5-8(6-7)14-10(16)9(15)12-11(14)17/h3-6H,1-2H3,(H,12,15,17). The summed E-state index contributed by atoms with van der Waals surface area (Å²) in [6.07, 6.45) is 0. The predicted molar refractivity (Wildman–Crippen MR) is 61.8 cm³/mol. The van der Waals surface area contributed by atoms with E-state index in [1.165, 1.54) is 0 Å². The SMILES string of the molecule is CN(C)c1cccc(N2C(=O)NC(=O)C2=O)c1. The number of rotatable bonds is 2. The number of imide groups is 2. The van der Waals surface area contributed by atoms with E-state index in [9.17, 15) is 14.4 Å². The molecule has 4 amide bonds. The Morgan fingerprint density at radius 1 is 1.18 bits per heavy atom. The normalized spacial score (nSPS) is 15.2. The second-order valence-electron chi connectivity index (χ2n) is 3.81. The zero-order valence-electron chi connectivity index (χ0n) is 9.43. The Labute approximate surface area is 97.8 Å². The second kappa shape index (κ2) is 3.89. The van der Waals surface area contributed by atoms with E-state index in [1.54, 1.807) is 18.2 Å². The fraction of sp³-hybridized carbons (Fsp3) is 0.182. The fourth-order valence-electron chi connectivity index (χ4n) is 1.55. The van der Waals surface area contributed by atoms with Gasteiger partial charge in [-0.05, 0) is 18.2 Å². The molecule has 0 bridgehead atoms. The number of nitrogens with one attached hydrogen (secondary N) is 1. The average Bonchev–Trinajstić information content (AvgIpc) is 2.53. The Morgan fingerprint density at radius 3 is 2.41 bits per heavy atom. The van der Waals surface area contributed by atoms with E-state index in [-0.39, 0.29) is 0 Å². The smallest absolute Gasteiger partial charge is 0.336 e. The first-order chi connectivity index (χ1) is 8.00. The van der Waals surface area contributed by atoms with Gasteiger partial charge >= 0.3 is 17.8 Å². The Balaban J connectivity index is 2.40. The van der Waals surface area contributed by atoms with Gasteiger partial charge in [0.05, 0.1) is 5.69 Å². The van der Waals surface area contributed by atoms with Crippen molar-refractivity contribution in [1.82, 2.24) is 5.32 Å². The molecule has 1 aliphatic rings. The van der Waals surface area contributed by atoms with Gasteiger partial charge in [-0.15, -0.1) is 0 Å². The second-order valence-corrected chi connectivity index (χ2v) is 3.81. The fourth-order valence-corrected chi connectivity index (χ4v) is 1.55. The minimum absolute atomic E-state index is 0.379. The molecule has 1 aliphatic heterocycles. The summed E-state index contributed by atoms with van der Waals surface area (Å²) in [5.41, 5.74) is 1.21. The van der Waals surface area contributed by atoms with Crippen LogP contribution < -0.4 is 15.1 Å². The lowest BCUT2D eigenvalue weighted by molar-refractivity contribution is -0.134. The molecule has 0 radical (unpaired) electrons. The third kappa shape index (κ3) is 1.84. The molecule has 0 unspecified atom stereocenters. The molecule has 0 spiro atoms. The van der Waals surface area contributed by atoms with Gasteiger partial charge < -0.3 is 4.90 Å². The van der Waals surface area contributed by atoms with Crippen molar-refractivity contribution in [3.63, 3.8) is 0 Å². The molecule has 0 atom stereocenters. The van der Waals surface area contributed by atoms with Crippen LogP contribution >= 0.6 is 0 Å². The van der Waals surface area contributed by atoms with Crippen molar-refractivity contribution >= 4 is 29.2 Å². The van der Waals surface area contributed by atoms with Gasteiger partial charge in [-0.3, -0.25) is 14.9 Å². The largest absolute Gasteiger partial charge is 0.378 e. The molecule has 6 heteroatoms. The highest BCUT2D eigenvalue weighted by Gasteiger charge is 2.38. The van der Waals surface area contributed by atoms with Crippen LogP contribution in [0.5, 0.6) is 0 Å². The van der Waals surface area contributed by atoms with Crippen LogP contribution in [0.25, 0.3) is 0 Å². The maximum atomic E-state index is 11.5. The molecule has 1 aromatic rings. The molecular formula is C11H11N3O3. The summed E-state index contributed by atoms with van der Waals surface area (Å²) >= 11 is 0. The van der Waals surface area contributed by atoms with Gasteiger partial charge in [0.2, 0.25) is 0 Å². The van der Waals surface area contributed by atoms with Crippen molar-refractivity contribution in [2.75, 3.05) is 23.9 Å². The Kier molecular flexibility index (Phi) is 2.55. The van der Waals surface area contributed by atoms with Gasteiger partial charge in [0, 0.05) is 19.8 Å².